The molecule has 2 heteroatoms. The van der Waals surface area contributed by atoms with Gasteiger partial charge in [0.25, 0.3) is 0 Å². The summed E-state index contributed by atoms with van der Waals surface area (Å²) in [6.45, 7) is 0. The molecule has 0 atom stereocenters. The van der Waals surface area contributed by atoms with Gasteiger partial charge in [0, 0.05) is 27.5 Å². The van der Waals surface area contributed by atoms with Gasteiger partial charge in [0.15, 0.2) is 0 Å². The summed E-state index contributed by atoms with van der Waals surface area (Å²) in [5.74, 6) is 0. The lowest BCUT2D eigenvalue weighted by Crippen LogP contribution is -2.09. The van der Waals surface area contributed by atoms with Gasteiger partial charge >= 0.3 is 0 Å². The Hall–Kier alpha value is -4.07. The fourth-order valence-corrected chi connectivity index (χ4v) is 4.95. The second kappa shape index (κ2) is 8.70. The maximum atomic E-state index is 6.63. The molecule has 162 valence electrons. The average Bonchev–Trinajstić information content (AvgIpc) is 2.90. The molecule has 0 spiro atoms. The predicted molar refractivity (Wildman–Crippen MR) is 147 cm³/mol. The number of fused-ring (bicyclic) bond motifs is 3. The van der Waals surface area contributed by atoms with Crippen molar-refractivity contribution in [2.45, 2.75) is 0 Å². The lowest BCUT2D eigenvalue weighted by Gasteiger charge is -2.26. The minimum Gasteiger partial charge on any atom is -0.310 e. The van der Waals surface area contributed by atoms with E-state index in [1.165, 1.54) is 21.9 Å². The van der Waals surface area contributed by atoms with Crippen molar-refractivity contribution in [1.29, 1.82) is 0 Å². The molecule has 0 heterocycles. The van der Waals surface area contributed by atoms with Crippen molar-refractivity contribution in [3.63, 3.8) is 0 Å². The van der Waals surface area contributed by atoms with Crippen LogP contribution in [0.3, 0.4) is 0 Å². The molecule has 6 aromatic rings. The van der Waals surface area contributed by atoms with Gasteiger partial charge in [-0.3, -0.25) is 0 Å². The third kappa shape index (κ3) is 3.71. The number of hydrogen-bond donors (Lipinski definition) is 0. The highest BCUT2D eigenvalue weighted by atomic mass is 35.5. The average molecular weight is 456 g/mol. The topological polar surface area (TPSA) is 3.24 Å². The van der Waals surface area contributed by atoms with Gasteiger partial charge in [-0.15, -0.1) is 0 Å². The van der Waals surface area contributed by atoms with Crippen LogP contribution in [0.4, 0.5) is 17.1 Å². The number of anilines is 3. The van der Waals surface area contributed by atoms with Crippen LogP contribution in [0, 0.1) is 0 Å². The molecule has 0 fully saturated rings. The van der Waals surface area contributed by atoms with Gasteiger partial charge in [-0.1, -0.05) is 96.5 Å². The minimum absolute atomic E-state index is 0.785. The minimum atomic E-state index is 0.785. The highest BCUT2D eigenvalue weighted by Crippen LogP contribution is 2.38. The lowest BCUT2D eigenvalue weighted by atomic mass is 9.96. The Bertz CT molecular complexity index is 1570. The van der Waals surface area contributed by atoms with Crippen LogP contribution in [0.25, 0.3) is 32.7 Å². The van der Waals surface area contributed by atoms with Crippen LogP contribution in [0.2, 0.25) is 5.02 Å². The molecule has 1 nitrogen and oxygen atoms in total. The molecule has 0 aromatic heterocycles. The number of rotatable bonds is 4. The van der Waals surface area contributed by atoms with Crippen molar-refractivity contribution >= 4 is 50.2 Å². The largest absolute Gasteiger partial charge is 0.310 e. The fourth-order valence-electron chi connectivity index (χ4n) is 4.66. The summed E-state index contributed by atoms with van der Waals surface area (Å²) in [6.07, 6.45) is 0. The van der Waals surface area contributed by atoms with Crippen LogP contribution >= 0.6 is 11.6 Å². The van der Waals surface area contributed by atoms with Crippen LogP contribution in [-0.2, 0) is 0 Å². The summed E-state index contributed by atoms with van der Waals surface area (Å²) in [4.78, 5) is 2.29. The number of nitrogens with zero attached hydrogens (tertiary/aromatic N) is 1. The first-order chi connectivity index (χ1) is 16.8. The van der Waals surface area contributed by atoms with Crippen LogP contribution in [0.1, 0.15) is 0 Å². The van der Waals surface area contributed by atoms with Crippen molar-refractivity contribution in [3.8, 4) is 11.1 Å². The van der Waals surface area contributed by atoms with Crippen molar-refractivity contribution in [3.05, 3.63) is 138 Å². The molecule has 34 heavy (non-hydrogen) atoms. The maximum Gasteiger partial charge on any atom is 0.0490 e. The SMILES string of the molecule is Clc1cc2ccccc2c2cc(-c3cccc(N(c4ccccc4)c4ccccc4)c3)ccc12. The normalized spacial score (nSPS) is 11.1. The van der Waals surface area contributed by atoms with E-state index in [-0.39, 0.29) is 0 Å². The molecule has 0 aliphatic heterocycles. The summed E-state index contributed by atoms with van der Waals surface area (Å²) < 4.78 is 0. The highest BCUT2D eigenvalue weighted by molar-refractivity contribution is 6.37. The van der Waals surface area contributed by atoms with E-state index in [1.54, 1.807) is 0 Å². The molecule has 0 N–H and O–H groups in total. The van der Waals surface area contributed by atoms with E-state index in [4.69, 9.17) is 11.6 Å². The first-order valence-corrected chi connectivity index (χ1v) is 11.8. The zero-order valence-electron chi connectivity index (χ0n) is 18.5. The van der Waals surface area contributed by atoms with E-state index in [0.717, 1.165) is 32.9 Å². The second-order valence-corrected chi connectivity index (χ2v) is 8.80. The first kappa shape index (κ1) is 20.5. The Morgan fingerprint density at radius 2 is 1.03 bits per heavy atom. The summed E-state index contributed by atoms with van der Waals surface area (Å²) in [7, 11) is 0. The quantitative estimate of drug-likeness (QED) is 0.239. The molecule has 0 radical (unpaired) electrons. The molecular weight excluding hydrogens is 434 g/mol. The third-order valence-corrected chi connectivity index (χ3v) is 6.59. The van der Waals surface area contributed by atoms with E-state index >= 15 is 0 Å². The molecule has 6 aromatic carbocycles. The Kier molecular flexibility index (Phi) is 5.25. The van der Waals surface area contributed by atoms with Gasteiger partial charge in [0.05, 0.1) is 0 Å². The highest BCUT2D eigenvalue weighted by Gasteiger charge is 2.13. The Morgan fingerprint density at radius 1 is 0.412 bits per heavy atom. The van der Waals surface area contributed by atoms with Crippen molar-refractivity contribution < 1.29 is 0 Å². The molecule has 0 aliphatic carbocycles. The molecular formula is C32H22ClN. The van der Waals surface area contributed by atoms with Gasteiger partial charge < -0.3 is 4.90 Å². The molecule has 0 amide bonds. The van der Waals surface area contributed by atoms with Crippen LogP contribution in [0.15, 0.2) is 133 Å². The second-order valence-electron chi connectivity index (χ2n) is 8.40. The van der Waals surface area contributed by atoms with E-state index in [1.807, 2.05) is 12.1 Å². The molecule has 0 saturated heterocycles. The van der Waals surface area contributed by atoms with Crippen molar-refractivity contribution in [1.82, 2.24) is 0 Å². The maximum absolute atomic E-state index is 6.63. The van der Waals surface area contributed by atoms with Gasteiger partial charge in [-0.25, -0.2) is 0 Å². The number of halogens is 1. The van der Waals surface area contributed by atoms with Crippen LogP contribution < -0.4 is 4.90 Å². The molecule has 0 saturated carbocycles. The summed E-state index contributed by atoms with van der Waals surface area (Å²) in [5, 5.41) is 5.41. The standard InChI is InChI=1S/C32H22ClN/c33-32-22-25-10-7-8-17-29(25)31-21-24(18-19-30(31)32)23-11-9-16-28(20-23)34(26-12-3-1-4-13-26)27-14-5-2-6-15-27/h1-22H. The summed E-state index contributed by atoms with van der Waals surface area (Å²) >= 11 is 6.63. The van der Waals surface area contributed by atoms with Crippen LogP contribution in [0.5, 0.6) is 0 Å². The van der Waals surface area contributed by atoms with E-state index in [9.17, 15) is 0 Å². The van der Waals surface area contributed by atoms with Gasteiger partial charge in [0.2, 0.25) is 0 Å². The number of hydrogen-bond acceptors (Lipinski definition) is 1. The summed E-state index contributed by atoms with van der Waals surface area (Å²) in [6, 6.07) is 46.7. The Balaban J connectivity index is 1.51. The van der Waals surface area contributed by atoms with Crippen molar-refractivity contribution in [2.75, 3.05) is 4.90 Å². The third-order valence-electron chi connectivity index (χ3n) is 6.28. The van der Waals surface area contributed by atoms with Crippen molar-refractivity contribution in [2.24, 2.45) is 0 Å². The van der Waals surface area contributed by atoms with Gasteiger partial charge in [-0.2, -0.15) is 0 Å². The smallest absolute Gasteiger partial charge is 0.0490 e. The zero-order valence-corrected chi connectivity index (χ0v) is 19.3. The first-order valence-electron chi connectivity index (χ1n) is 11.4. The molecule has 0 bridgehead atoms. The fraction of sp³-hybridized carbons (Fsp3) is 0. The van der Waals surface area contributed by atoms with E-state index in [0.29, 0.717) is 0 Å². The van der Waals surface area contributed by atoms with E-state index < -0.39 is 0 Å². The molecule has 0 aliphatic rings. The Morgan fingerprint density at radius 3 is 1.76 bits per heavy atom. The summed E-state index contributed by atoms with van der Waals surface area (Å²) in [5.41, 5.74) is 5.71. The van der Waals surface area contributed by atoms with Gasteiger partial charge in [0.1, 0.15) is 0 Å². The number of benzene rings is 6. The molecule has 0 unspecified atom stereocenters. The van der Waals surface area contributed by atoms with Crippen LogP contribution in [-0.4, -0.2) is 0 Å². The number of para-hydroxylation sites is 2. The van der Waals surface area contributed by atoms with Gasteiger partial charge in [-0.05, 0) is 75.8 Å². The zero-order chi connectivity index (χ0) is 22.9. The molecule has 6 rings (SSSR count). The Labute approximate surface area is 204 Å². The predicted octanol–water partition coefficient (Wildman–Crippen LogP) is 9.78. The van der Waals surface area contributed by atoms with E-state index in [2.05, 4.69) is 126 Å². The lowest BCUT2D eigenvalue weighted by molar-refractivity contribution is 1.28. The monoisotopic (exact) mass is 455 g/mol.